The van der Waals surface area contributed by atoms with Crippen LogP contribution >= 0.6 is 0 Å². The van der Waals surface area contributed by atoms with Crippen LogP contribution in [-0.2, 0) is 19.6 Å². The third-order valence-corrected chi connectivity index (χ3v) is 2.85. The van der Waals surface area contributed by atoms with Crippen molar-refractivity contribution in [3.05, 3.63) is 29.8 Å². The minimum atomic E-state index is -0.504. The molecule has 1 aromatic heterocycles. The Labute approximate surface area is 110 Å². The molecule has 0 bridgehead atoms. The molecular weight excluding hydrogens is 248 g/mol. The minimum absolute atomic E-state index is 0.315. The normalized spacial score (nSPS) is 10.8. The van der Waals surface area contributed by atoms with Crippen LogP contribution in [0.3, 0.4) is 0 Å². The summed E-state index contributed by atoms with van der Waals surface area (Å²) in [4.78, 5) is 0. The second kappa shape index (κ2) is 5.57. The molecule has 0 fully saturated rings. The molecule has 1 heterocycles. The van der Waals surface area contributed by atoms with Crippen molar-refractivity contribution in [3.8, 4) is 17.2 Å². The maximum absolute atomic E-state index is 9.65. The van der Waals surface area contributed by atoms with Crippen LogP contribution in [0.5, 0.6) is 17.2 Å². The first-order chi connectivity index (χ1) is 9.13. The first-order valence-corrected chi connectivity index (χ1v) is 5.93. The molecular formula is C12H16N4O3. The molecule has 1 aromatic carbocycles. The topological polar surface area (TPSA) is 103 Å². The summed E-state index contributed by atoms with van der Waals surface area (Å²) in [7, 11) is 0. The average molecular weight is 264 g/mol. The maximum atomic E-state index is 9.65. The highest BCUT2D eigenvalue weighted by molar-refractivity contribution is 5.52. The van der Waals surface area contributed by atoms with Crippen molar-refractivity contribution in [2.24, 2.45) is 0 Å². The highest BCUT2D eigenvalue weighted by Crippen LogP contribution is 2.36. The van der Waals surface area contributed by atoms with Gasteiger partial charge in [-0.2, -0.15) is 0 Å². The zero-order valence-electron chi connectivity index (χ0n) is 10.5. The van der Waals surface area contributed by atoms with E-state index in [1.165, 1.54) is 6.07 Å². The Balaban J connectivity index is 1.98. The molecule has 2 rings (SSSR count). The molecule has 0 spiro atoms. The molecule has 0 radical (unpaired) electrons. The fourth-order valence-electron chi connectivity index (χ4n) is 1.74. The van der Waals surface area contributed by atoms with Crippen LogP contribution in [0.25, 0.3) is 0 Å². The number of benzene rings is 1. The van der Waals surface area contributed by atoms with E-state index in [1.807, 2.05) is 11.5 Å². The van der Waals surface area contributed by atoms with Crippen LogP contribution in [0.15, 0.2) is 18.5 Å². The van der Waals surface area contributed by atoms with Gasteiger partial charge in [-0.3, -0.25) is 0 Å². The Morgan fingerprint density at radius 2 is 1.95 bits per heavy atom. The Morgan fingerprint density at radius 1 is 1.16 bits per heavy atom. The van der Waals surface area contributed by atoms with Gasteiger partial charge in [0.25, 0.3) is 0 Å². The second-order valence-corrected chi connectivity index (χ2v) is 4.08. The molecule has 2 aromatic rings. The van der Waals surface area contributed by atoms with Crippen molar-refractivity contribution < 1.29 is 15.3 Å². The van der Waals surface area contributed by atoms with Crippen LogP contribution in [0.1, 0.15) is 18.3 Å². The monoisotopic (exact) mass is 264 g/mol. The van der Waals surface area contributed by atoms with E-state index in [0.29, 0.717) is 18.7 Å². The van der Waals surface area contributed by atoms with Gasteiger partial charge in [-0.1, -0.05) is 6.07 Å². The number of nitrogens with zero attached hydrogens (tertiary/aromatic N) is 3. The third kappa shape index (κ3) is 2.76. The first kappa shape index (κ1) is 13.2. The molecule has 7 nitrogen and oxygen atoms in total. The Morgan fingerprint density at radius 3 is 2.68 bits per heavy atom. The van der Waals surface area contributed by atoms with Crippen molar-refractivity contribution in [1.29, 1.82) is 0 Å². The zero-order chi connectivity index (χ0) is 13.8. The summed E-state index contributed by atoms with van der Waals surface area (Å²) >= 11 is 0. The fraction of sp³-hybridized carbons (Fsp3) is 0.333. The largest absolute Gasteiger partial charge is 0.504 e. The van der Waals surface area contributed by atoms with E-state index in [2.05, 4.69) is 15.5 Å². The molecule has 0 unspecified atom stereocenters. The van der Waals surface area contributed by atoms with Crippen molar-refractivity contribution in [3.63, 3.8) is 0 Å². The van der Waals surface area contributed by atoms with E-state index in [1.54, 1.807) is 12.4 Å². The number of hydrogen-bond acceptors (Lipinski definition) is 6. The molecule has 0 saturated heterocycles. The Hall–Kier alpha value is -2.28. The van der Waals surface area contributed by atoms with Crippen LogP contribution in [0.2, 0.25) is 0 Å². The molecule has 0 aliphatic carbocycles. The molecule has 7 heteroatoms. The van der Waals surface area contributed by atoms with Gasteiger partial charge in [-0.05, 0) is 13.0 Å². The van der Waals surface area contributed by atoms with Crippen LogP contribution in [-0.4, -0.2) is 30.1 Å². The Bertz CT molecular complexity index is 568. The zero-order valence-corrected chi connectivity index (χ0v) is 10.5. The summed E-state index contributed by atoms with van der Waals surface area (Å²) in [6.45, 7) is 3.62. The molecule has 0 aliphatic heterocycles. The number of hydrogen-bond donors (Lipinski definition) is 4. The predicted molar refractivity (Wildman–Crippen MR) is 67.7 cm³/mol. The number of nitrogens with one attached hydrogen (secondary N) is 1. The summed E-state index contributed by atoms with van der Waals surface area (Å²) in [6, 6.07) is 2.88. The lowest BCUT2D eigenvalue weighted by Gasteiger charge is -2.09. The summed E-state index contributed by atoms with van der Waals surface area (Å²) < 4.78 is 1.90. The van der Waals surface area contributed by atoms with Gasteiger partial charge in [0.1, 0.15) is 12.2 Å². The third-order valence-electron chi connectivity index (χ3n) is 2.85. The second-order valence-electron chi connectivity index (χ2n) is 4.08. The van der Waals surface area contributed by atoms with Gasteiger partial charge >= 0.3 is 0 Å². The molecule has 0 aliphatic rings. The number of phenolic OH excluding ortho intramolecular Hbond substituents is 3. The van der Waals surface area contributed by atoms with E-state index in [0.717, 1.165) is 12.4 Å². The van der Waals surface area contributed by atoms with Crippen LogP contribution < -0.4 is 5.32 Å². The summed E-state index contributed by atoms with van der Waals surface area (Å²) in [5.41, 5.74) is 0.498. The van der Waals surface area contributed by atoms with Gasteiger partial charge in [0, 0.05) is 18.7 Å². The average Bonchev–Trinajstić information content (AvgIpc) is 2.86. The van der Waals surface area contributed by atoms with E-state index < -0.39 is 5.75 Å². The lowest BCUT2D eigenvalue weighted by molar-refractivity contribution is 0.364. The fourth-order valence-corrected chi connectivity index (χ4v) is 1.74. The van der Waals surface area contributed by atoms with Crippen LogP contribution in [0.4, 0.5) is 0 Å². The molecule has 102 valence electrons. The quantitative estimate of drug-likeness (QED) is 0.593. The van der Waals surface area contributed by atoms with Crippen LogP contribution in [0, 0.1) is 0 Å². The standard InChI is InChI=1S/C12H16N4O3/c1-2-16-7-14-15-10(16)6-13-5-8-3-4-9(17)12(19)11(8)18/h3-4,7,13,17-19H,2,5-6H2,1H3. The van der Waals surface area contributed by atoms with Gasteiger partial charge < -0.3 is 25.2 Å². The molecule has 0 atom stereocenters. The van der Waals surface area contributed by atoms with Gasteiger partial charge in [0.05, 0.1) is 6.54 Å². The van der Waals surface area contributed by atoms with Gasteiger partial charge in [-0.25, -0.2) is 0 Å². The first-order valence-electron chi connectivity index (χ1n) is 5.93. The van der Waals surface area contributed by atoms with E-state index in [-0.39, 0.29) is 11.5 Å². The minimum Gasteiger partial charge on any atom is -0.504 e. The number of aryl methyl sites for hydroxylation is 1. The summed E-state index contributed by atoms with van der Waals surface area (Å²) in [5.74, 6) is -0.363. The molecule has 0 saturated carbocycles. The van der Waals surface area contributed by atoms with E-state index in [4.69, 9.17) is 0 Å². The molecule has 0 amide bonds. The smallest absolute Gasteiger partial charge is 0.200 e. The van der Waals surface area contributed by atoms with Crippen molar-refractivity contribution in [2.45, 2.75) is 26.6 Å². The molecule has 4 N–H and O–H groups in total. The predicted octanol–water partition coefficient (Wildman–Crippen LogP) is 0.705. The SMILES string of the molecule is CCn1cnnc1CNCc1ccc(O)c(O)c1O. The molecule has 19 heavy (non-hydrogen) atoms. The van der Waals surface area contributed by atoms with Gasteiger partial charge in [-0.15, -0.1) is 10.2 Å². The van der Waals surface area contributed by atoms with Crippen molar-refractivity contribution in [1.82, 2.24) is 20.1 Å². The van der Waals surface area contributed by atoms with E-state index in [9.17, 15) is 15.3 Å². The van der Waals surface area contributed by atoms with Gasteiger partial charge in [0.15, 0.2) is 11.5 Å². The maximum Gasteiger partial charge on any atom is 0.200 e. The number of aromatic nitrogens is 3. The highest BCUT2D eigenvalue weighted by Gasteiger charge is 2.11. The van der Waals surface area contributed by atoms with Gasteiger partial charge in [0.2, 0.25) is 5.75 Å². The number of rotatable bonds is 5. The van der Waals surface area contributed by atoms with Crippen molar-refractivity contribution >= 4 is 0 Å². The number of aromatic hydroxyl groups is 3. The Kier molecular flexibility index (Phi) is 3.86. The van der Waals surface area contributed by atoms with E-state index >= 15 is 0 Å². The number of phenols is 3. The summed E-state index contributed by atoms with van der Waals surface area (Å²) in [5, 5.41) is 39.1. The lowest BCUT2D eigenvalue weighted by Crippen LogP contribution is -2.16. The lowest BCUT2D eigenvalue weighted by atomic mass is 10.1. The highest BCUT2D eigenvalue weighted by atomic mass is 16.3. The summed E-state index contributed by atoms with van der Waals surface area (Å²) in [6.07, 6.45) is 1.65. The van der Waals surface area contributed by atoms with Crippen molar-refractivity contribution in [2.75, 3.05) is 0 Å².